The lowest BCUT2D eigenvalue weighted by Gasteiger charge is -2.15. The van der Waals surface area contributed by atoms with Crippen LogP contribution in [0.1, 0.15) is 27.2 Å². The Kier molecular flexibility index (Phi) is 4.83. The van der Waals surface area contributed by atoms with E-state index in [0.29, 0.717) is 6.07 Å². The first-order valence-corrected chi connectivity index (χ1v) is 6.75. The van der Waals surface area contributed by atoms with Crippen LogP contribution in [-0.4, -0.2) is 23.2 Å². The molecule has 0 aliphatic carbocycles. The first-order chi connectivity index (χ1) is 11.7. The molecule has 0 amide bonds. The van der Waals surface area contributed by atoms with Crippen LogP contribution in [0, 0.1) is 18.3 Å². The van der Waals surface area contributed by atoms with E-state index in [1.54, 1.807) is 0 Å². The molecule has 9 heteroatoms. The van der Waals surface area contributed by atoms with E-state index in [0.717, 1.165) is 0 Å². The Morgan fingerprint density at radius 1 is 1.28 bits per heavy atom. The number of hydrogen-bond donors (Lipinski definition) is 1. The van der Waals surface area contributed by atoms with Gasteiger partial charge in [0.05, 0.1) is 18.7 Å². The molecule has 0 aliphatic rings. The standard InChI is InChI=1S/C16H11F3N2O4/c1-8-5-12(16(17,18)19)21-14(13(8)15(22)23)25-10-4-3-9(7-20)6-11(10)24-2/h3-6H,1-2H3,(H,22,23). The molecule has 0 unspecified atom stereocenters. The number of alkyl halides is 3. The highest BCUT2D eigenvalue weighted by Gasteiger charge is 2.35. The third-order valence-electron chi connectivity index (χ3n) is 3.19. The summed E-state index contributed by atoms with van der Waals surface area (Å²) in [6.45, 7) is 1.21. The molecule has 2 aromatic rings. The molecule has 1 heterocycles. The number of benzene rings is 1. The molecule has 2 rings (SSSR count). The van der Waals surface area contributed by atoms with Gasteiger partial charge in [-0.1, -0.05) is 0 Å². The Balaban J connectivity index is 2.60. The quantitative estimate of drug-likeness (QED) is 0.900. The summed E-state index contributed by atoms with van der Waals surface area (Å²) in [6, 6.07) is 6.42. The number of halogens is 3. The summed E-state index contributed by atoms with van der Waals surface area (Å²) in [5.41, 5.74) is -1.70. The summed E-state index contributed by atoms with van der Waals surface area (Å²) in [5, 5.41) is 18.1. The van der Waals surface area contributed by atoms with Crippen molar-refractivity contribution >= 4 is 5.97 Å². The summed E-state index contributed by atoms with van der Waals surface area (Å²) in [6.07, 6.45) is -4.77. The van der Waals surface area contributed by atoms with Gasteiger partial charge in [-0.15, -0.1) is 0 Å². The van der Waals surface area contributed by atoms with Crippen LogP contribution >= 0.6 is 0 Å². The first kappa shape index (κ1) is 18.1. The fourth-order valence-electron chi connectivity index (χ4n) is 2.05. The van der Waals surface area contributed by atoms with Gasteiger partial charge in [0.2, 0.25) is 5.88 Å². The van der Waals surface area contributed by atoms with Gasteiger partial charge in [-0.2, -0.15) is 18.4 Å². The predicted molar refractivity (Wildman–Crippen MR) is 78.7 cm³/mol. The molecular weight excluding hydrogens is 341 g/mol. The maximum absolute atomic E-state index is 12.9. The second-order valence-corrected chi connectivity index (χ2v) is 4.89. The first-order valence-electron chi connectivity index (χ1n) is 6.75. The third-order valence-corrected chi connectivity index (χ3v) is 3.19. The summed E-state index contributed by atoms with van der Waals surface area (Å²) in [4.78, 5) is 14.7. The number of carbonyl (C=O) groups is 1. The van der Waals surface area contributed by atoms with E-state index in [2.05, 4.69) is 4.98 Å². The summed E-state index contributed by atoms with van der Waals surface area (Å²) in [5.74, 6) is -2.23. The fourth-order valence-corrected chi connectivity index (χ4v) is 2.05. The summed E-state index contributed by atoms with van der Waals surface area (Å²) < 4.78 is 49.1. The molecule has 1 aromatic carbocycles. The average Bonchev–Trinajstić information content (AvgIpc) is 2.53. The lowest BCUT2D eigenvalue weighted by molar-refractivity contribution is -0.141. The molecule has 0 fully saturated rings. The largest absolute Gasteiger partial charge is 0.493 e. The molecule has 6 nitrogen and oxygen atoms in total. The Bertz CT molecular complexity index is 873. The number of nitriles is 1. The normalized spacial score (nSPS) is 10.9. The minimum atomic E-state index is -4.77. The van der Waals surface area contributed by atoms with E-state index >= 15 is 0 Å². The Morgan fingerprint density at radius 2 is 1.96 bits per heavy atom. The number of aromatic nitrogens is 1. The second kappa shape index (κ2) is 6.68. The van der Waals surface area contributed by atoms with Crippen LogP contribution in [0.15, 0.2) is 24.3 Å². The molecule has 1 N–H and O–H groups in total. The molecule has 0 saturated carbocycles. The maximum Gasteiger partial charge on any atom is 0.433 e. The van der Waals surface area contributed by atoms with Crippen molar-refractivity contribution in [1.29, 1.82) is 5.26 Å². The van der Waals surface area contributed by atoms with Crippen molar-refractivity contribution in [2.75, 3.05) is 7.11 Å². The monoisotopic (exact) mass is 352 g/mol. The van der Waals surface area contributed by atoms with Crippen LogP contribution < -0.4 is 9.47 Å². The van der Waals surface area contributed by atoms with Gasteiger partial charge in [-0.25, -0.2) is 9.78 Å². The molecule has 1 aromatic heterocycles. The number of pyridine rings is 1. The zero-order valence-corrected chi connectivity index (χ0v) is 13.0. The van der Waals surface area contributed by atoms with Crippen LogP contribution in [0.5, 0.6) is 17.4 Å². The third kappa shape index (κ3) is 3.80. The number of nitrogens with zero attached hydrogens (tertiary/aromatic N) is 2. The van der Waals surface area contributed by atoms with Gasteiger partial charge in [-0.3, -0.25) is 0 Å². The number of methoxy groups -OCH3 is 1. The molecule has 25 heavy (non-hydrogen) atoms. The molecule has 0 atom stereocenters. The van der Waals surface area contributed by atoms with Crippen LogP contribution in [0.4, 0.5) is 13.2 Å². The number of aromatic carboxylic acids is 1. The minimum Gasteiger partial charge on any atom is -0.493 e. The van der Waals surface area contributed by atoms with Crippen molar-refractivity contribution in [1.82, 2.24) is 4.98 Å². The zero-order chi connectivity index (χ0) is 18.8. The van der Waals surface area contributed by atoms with Crippen molar-refractivity contribution < 1.29 is 32.5 Å². The van der Waals surface area contributed by atoms with Crippen LogP contribution in [0.3, 0.4) is 0 Å². The number of carboxylic acids is 1. The molecule has 130 valence electrons. The van der Waals surface area contributed by atoms with Crippen LogP contribution in [-0.2, 0) is 6.18 Å². The van der Waals surface area contributed by atoms with E-state index in [1.807, 2.05) is 6.07 Å². The smallest absolute Gasteiger partial charge is 0.433 e. The van der Waals surface area contributed by atoms with Crippen molar-refractivity contribution in [2.45, 2.75) is 13.1 Å². The van der Waals surface area contributed by atoms with E-state index in [1.165, 1.54) is 32.2 Å². The number of hydrogen-bond acceptors (Lipinski definition) is 5. The average molecular weight is 352 g/mol. The zero-order valence-electron chi connectivity index (χ0n) is 13.0. The summed E-state index contributed by atoms with van der Waals surface area (Å²) >= 11 is 0. The molecule has 0 spiro atoms. The molecule has 0 bridgehead atoms. The topological polar surface area (TPSA) is 92.4 Å². The number of aryl methyl sites for hydroxylation is 1. The lowest BCUT2D eigenvalue weighted by Crippen LogP contribution is -2.13. The molecular formula is C16H11F3N2O4. The van der Waals surface area contributed by atoms with Crippen molar-refractivity contribution in [3.05, 3.63) is 46.6 Å². The second-order valence-electron chi connectivity index (χ2n) is 4.89. The van der Waals surface area contributed by atoms with Gasteiger partial charge in [0.15, 0.2) is 11.5 Å². The van der Waals surface area contributed by atoms with Gasteiger partial charge in [0.1, 0.15) is 11.3 Å². The van der Waals surface area contributed by atoms with Gasteiger partial charge < -0.3 is 14.6 Å². The van der Waals surface area contributed by atoms with E-state index in [9.17, 15) is 23.1 Å². The fraction of sp³-hybridized carbons (Fsp3) is 0.188. The maximum atomic E-state index is 12.9. The molecule has 0 radical (unpaired) electrons. The van der Waals surface area contributed by atoms with Crippen molar-refractivity contribution in [3.8, 4) is 23.4 Å². The predicted octanol–water partition coefficient (Wildman–Crippen LogP) is 3.78. The Hall–Kier alpha value is -3.28. The van der Waals surface area contributed by atoms with Crippen molar-refractivity contribution in [2.24, 2.45) is 0 Å². The minimum absolute atomic E-state index is 0.0484. The molecule has 0 aliphatic heterocycles. The Morgan fingerprint density at radius 3 is 2.48 bits per heavy atom. The van der Waals surface area contributed by atoms with E-state index in [4.69, 9.17) is 14.7 Å². The number of rotatable bonds is 4. The highest BCUT2D eigenvalue weighted by atomic mass is 19.4. The highest BCUT2D eigenvalue weighted by molar-refractivity contribution is 5.92. The summed E-state index contributed by atoms with van der Waals surface area (Å²) in [7, 11) is 1.27. The van der Waals surface area contributed by atoms with Crippen LogP contribution in [0.2, 0.25) is 0 Å². The number of carboxylic acid groups (broad SMARTS) is 1. The highest BCUT2D eigenvalue weighted by Crippen LogP contribution is 2.36. The van der Waals surface area contributed by atoms with Crippen LogP contribution in [0.25, 0.3) is 0 Å². The molecule has 0 saturated heterocycles. The SMILES string of the molecule is COc1cc(C#N)ccc1Oc1nc(C(F)(F)F)cc(C)c1C(=O)O. The van der Waals surface area contributed by atoms with Gasteiger partial charge in [-0.05, 0) is 30.7 Å². The van der Waals surface area contributed by atoms with Gasteiger partial charge in [0, 0.05) is 6.07 Å². The van der Waals surface area contributed by atoms with E-state index in [-0.39, 0.29) is 22.6 Å². The van der Waals surface area contributed by atoms with E-state index < -0.39 is 29.3 Å². The van der Waals surface area contributed by atoms with Crippen molar-refractivity contribution in [3.63, 3.8) is 0 Å². The lowest BCUT2D eigenvalue weighted by atomic mass is 10.1. The van der Waals surface area contributed by atoms with Gasteiger partial charge >= 0.3 is 12.1 Å². The Labute approximate surface area is 140 Å². The van der Waals surface area contributed by atoms with Gasteiger partial charge in [0.25, 0.3) is 0 Å². The number of ether oxygens (including phenoxy) is 2.